The van der Waals surface area contributed by atoms with Crippen LogP contribution in [0.4, 0.5) is 5.69 Å². The van der Waals surface area contributed by atoms with Crippen molar-refractivity contribution in [2.75, 3.05) is 17.3 Å². The van der Waals surface area contributed by atoms with Crippen LogP contribution < -0.4 is 10.1 Å². The number of hydrogen-bond acceptors (Lipinski definition) is 2. The van der Waals surface area contributed by atoms with Crippen molar-refractivity contribution >= 4 is 27.5 Å². The fourth-order valence-electron chi connectivity index (χ4n) is 1.50. The van der Waals surface area contributed by atoms with Gasteiger partial charge in [-0.25, -0.2) is 0 Å². The van der Waals surface area contributed by atoms with Gasteiger partial charge in [0.25, 0.3) is 0 Å². The van der Waals surface area contributed by atoms with E-state index < -0.39 is 0 Å². The maximum atomic E-state index is 11.1. The Bertz CT molecular complexity index is 393. The van der Waals surface area contributed by atoms with E-state index in [0.29, 0.717) is 18.4 Å². The molecule has 0 spiro atoms. The second-order valence-corrected chi connectivity index (χ2v) is 5.29. The Kier molecular flexibility index (Phi) is 6.19. The number of alkyl halides is 1. The number of rotatable bonds is 6. The number of para-hydroxylation sites is 2. The van der Waals surface area contributed by atoms with Crippen LogP contribution in [0.3, 0.4) is 0 Å². The van der Waals surface area contributed by atoms with Crippen molar-refractivity contribution in [1.82, 2.24) is 0 Å². The summed E-state index contributed by atoms with van der Waals surface area (Å²) < 4.78 is 5.81. The zero-order chi connectivity index (χ0) is 13.5. The van der Waals surface area contributed by atoms with E-state index in [9.17, 15) is 4.79 Å². The minimum atomic E-state index is -0.0908. The topological polar surface area (TPSA) is 38.3 Å². The largest absolute Gasteiger partial charge is 0.491 e. The quantitative estimate of drug-likeness (QED) is 0.813. The minimum Gasteiger partial charge on any atom is -0.491 e. The molecule has 0 saturated heterocycles. The number of anilines is 1. The lowest BCUT2D eigenvalue weighted by Crippen LogP contribution is -2.19. The highest BCUT2D eigenvalue weighted by atomic mass is 79.9. The lowest BCUT2D eigenvalue weighted by molar-refractivity contribution is -0.114. The van der Waals surface area contributed by atoms with E-state index in [0.717, 1.165) is 16.8 Å². The molecule has 1 atom stereocenters. The van der Waals surface area contributed by atoms with Crippen LogP contribution in [0.1, 0.15) is 20.8 Å². The van der Waals surface area contributed by atoms with Crippen molar-refractivity contribution in [3.63, 3.8) is 0 Å². The number of carbonyl (C=O) groups excluding carboxylic acids is 1. The summed E-state index contributed by atoms with van der Waals surface area (Å²) in [6, 6.07) is 7.49. The molecule has 18 heavy (non-hydrogen) atoms. The number of nitrogens with one attached hydrogen (secondary N) is 1. The first-order chi connectivity index (χ1) is 8.54. The van der Waals surface area contributed by atoms with Gasteiger partial charge in [-0.15, -0.1) is 0 Å². The zero-order valence-electron chi connectivity index (χ0n) is 11.1. The summed E-state index contributed by atoms with van der Waals surface area (Å²) in [7, 11) is 0. The molecular formula is C14H20BrNO2. The molecule has 1 aromatic carbocycles. The van der Waals surface area contributed by atoms with Crippen molar-refractivity contribution in [3.05, 3.63) is 24.3 Å². The maximum Gasteiger partial charge on any atom is 0.221 e. The standard InChI is InChI=1S/C14H20BrNO2/c1-10(2)12(8-15)9-18-14-7-5-4-6-13(14)16-11(3)17/h4-7,10,12H,8-9H2,1-3H3,(H,16,17). The molecule has 0 fully saturated rings. The lowest BCUT2D eigenvalue weighted by Gasteiger charge is -2.20. The molecule has 100 valence electrons. The highest BCUT2D eigenvalue weighted by Gasteiger charge is 2.13. The van der Waals surface area contributed by atoms with Gasteiger partial charge in [-0.2, -0.15) is 0 Å². The van der Waals surface area contributed by atoms with E-state index in [1.807, 2.05) is 24.3 Å². The first-order valence-electron chi connectivity index (χ1n) is 6.10. The molecular weight excluding hydrogens is 294 g/mol. The second kappa shape index (κ2) is 7.41. The van der Waals surface area contributed by atoms with Gasteiger partial charge in [0.05, 0.1) is 12.3 Å². The molecule has 0 aliphatic carbocycles. The van der Waals surface area contributed by atoms with Gasteiger partial charge in [-0.1, -0.05) is 41.9 Å². The van der Waals surface area contributed by atoms with E-state index in [2.05, 4.69) is 35.1 Å². The molecule has 0 saturated carbocycles. The molecule has 0 heterocycles. The summed E-state index contributed by atoms with van der Waals surface area (Å²) in [6.45, 7) is 6.48. The van der Waals surface area contributed by atoms with Crippen LogP contribution in [0.25, 0.3) is 0 Å². The third kappa shape index (κ3) is 4.69. The van der Waals surface area contributed by atoms with Crippen LogP contribution in [0.15, 0.2) is 24.3 Å². The van der Waals surface area contributed by atoms with Gasteiger partial charge in [0.2, 0.25) is 5.91 Å². The van der Waals surface area contributed by atoms with E-state index in [1.165, 1.54) is 6.92 Å². The Balaban J connectivity index is 2.69. The zero-order valence-corrected chi connectivity index (χ0v) is 12.7. The Hall–Kier alpha value is -1.03. The number of hydrogen-bond donors (Lipinski definition) is 1. The minimum absolute atomic E-state index is 0.0908. The maximum absolute atomic E-state index is 11.1. The van der Waals surface area contributed by atoms with E-state index in [4.69, 9.17) is 4.74 Å². The fourth-order valence-corrected chi connectivity index (χ4v) is 2.43. The van der Waals surface area contributed by atoms with Gasteiger partial charge >= 0.3 is 0 Å². The van der Waals surface area contributed by atoms with Crippen LogP contribution in [0.2, 0.25) is 0 Å². The van der Waals surface area contributed by atoms with E-state index in [-0.39, 0.29) is 5.91 Å². The van der Waals surface area contributed by atoms with Crippen molar-refractivity contribution < 1.29 is 9.53 Å². The van der Waals surface area contributed by atoms with Gasteiger partial charge in [0, 0.05) is 18.2 Å². The Labute approximate surface area is 117 Å². The van der Waals surface area contributed by atoms with Gasteiger partial charge in [0.1, 0.15) is 5.75 Å². The molecule has 0 aromatic heterocycles. The van der Waals surface area contributed by atoms with Crippen LogP contribution in [-0.2, 0) is 4.79 Å². The molecule has 1 unspecified atom stereocenters. The SMILES string of the molecule is CC(=O)Nc1ccccc1OCC(CBr)C(C)C. The van der Waals surface area contributed by atoms with Crippen LogP contribution in [-0.4, -0.2) is 17.8 Å². The molecule has 0 aliphatic heterocycles. The summed E-state index contributed by atoms with van der Waals surface area (Å²) in [5.41, 5.74) is 0.724. The molecule has 1 aromatic rings. The van der Waals surface area contributed by atoms with Gasteiger partial charge in [-0.05, 0) is 18.1 Å². The summed E-state index contributed by atoms with van der Waals surface area (Å²) in [5, 5.41) is 3.68. The first-order valence-corrected chi connectivity index (χ1v) is 7.22. The molecule has 0 bridgehead atoms. The number of ether oxygens (including phenoxy) is 1. The van der Waals surface area contributed by atoms with E-state index >= 15 is 0 Å². The number of halogens is 1. The number of amides is 1. The predicted molar refractivity (Wildman–Crippen MR) is 78.4 cm³/mol. The molecule has 1 rings (SSSR count). The monoisotopic (exact) mass is 313 g/mol. The molecule has 3 nitrogen and oxygen atoms in total. The van der Waals surface area contributed by atoms with Crippen molar-refractivity contribution in [2.24, 2.45) is 11.8 Å². The highest BCUT2D eigenvalue weighted by molar-refractivity contribution is 9.09. The summed E-state index contributed by atoms with van der Waals surface area (Å²) in [6.07, 6.45) is 0. The predicted octanol–water partition coefficient (Wildman–Crippen LogP) is 3.69. The first kappa shape index (κ1) is 15.0. The fraction of sp³-hybridized carbons (Fsp3) is 0.500. The average molecular weight is 314 g/mol. The second-order valence-electron chi connectivity index (χ2n) is 4.65. The van der Waals surface area contributed by atoms with Crippen molar-refractivity contribution in [2.45, 2.75) is 20.8 Å². The molecule has 0 radical (unpaired) electrons. The van der Waals surface area contributed by atoms with Crippen LogP contribution in [0.5, 0.6) is 5.75 Å². The lowest BCUT2D eigenvalue weighted by atomic mass is 9.99. The van der Waals surface area contributed by atoms with Gasteiger partial charge < -0.3 is 10.1 Å². The Morgan fingerprint density at radius 1 is 1.39 bits per heavy atom. The van der Waals surface area contributed by atoms with E-state index in [1.54, 1.807) is 0 Å². The summed E-state index contributed by atoms with van der Waals surface area (Å²) in [4.78, 5) is 11.1. The normalized spacial score (nSPS) is 12.3. The van der Waals surface area contributed by atoms with Gasteiger partial charge in [-0.3, -0.25) is 4.79 Å². The van der Waals surface area contributed by atoms with Crippen molar-refractivity contribution in [1.29, 1.82) is 0 Å². The summed E-state index contributed by atoms with van der Waals surface area (Å²) in [5.74, 6) is 1.64. The smallest absolute Gasteiger partial charge is 0.221 e. The van der Waals surface area contributed by atoms with Gasteiger partial charge in [0.15, 0.2) is 0 Å². The molecule has 1 amide bonds. The van der Waals surface area contributed by atoms with Crippen LogP contribution >= 0.6 is 15.9 Å². The molecule has 4 heteroatoms. The third-order valence-electron chi connectivity index (χ3n) is 2.79. The third-order valence-corrected chi connectivity index (χ3v) is 3.62. The molecule has 1 N–H and O–H groups in total. The average Bonchev–Trinajstić information content (AvgIpc) is 2.30. The highest BCUT2D eigenvalue weighted by Crippen LogP contribution is 2.25. The Morgan fingerprint density at radius 3 is 2.61 bits per heavy atom. The molecule has 0 aliphatic rings. The van der Waals surface area contributed by atoms with Crippen molar-refractivity contribution in [3.8, 4) is 5.75 Å². The van der Waals surface area contributed by atoms with Crippen LogP contribution in [0, 0.1) is 11.8 Å². The summed E-state index contributed by atoms with van der Waals surface area (Å²) >= 11 is 3.50. The number of benzene rings is 1. The Morgan fingerprint density at radius 2 is 2.06 bits per heavy atom. The number of carbonyl (C=O) groups is 1.